The second kappa shape index (κ2) is 3.97. The van der Waals surface area contributed by atoms with Crippen molar-refractivity contribution in [3.63, 3.8) is 0 Å². The van der Waals surface area contributed by atoms with Crippen LogP contribution in [-0.2, 0) is 13.5 Å². The average molecular weight is 207 g/mol. The first kappa shape index (κ1) is 9.47. The molecule has 1 nitrogen and oxygen atoms in total. The van der Waals surface area contributed by atoms with Gasteiger partial charge in [-0.05, 0) is 17.4 Å². The summed E-state index contributed by atoms with van der Waals surface area (Å²) in [7, 11) is 2.04. The molecule has 0 aliphatic rings. The van der Waals surface area contributed by atoms with Crippen molar-refractivity contribution in [1.29, 1.82) is 0 Å². The monoisotopic (exact) mass is 206 g/mol. The van der Waals surface area contributed by atoms with E-state index < -0.39 is 0 Å². The number of fused-ring (bicyclic) bond motifs is 1. The van der Waals surface area contributed by atoms with Gasteiger partial charge in [0.1, 0.15) is 7.05 Å². The average Bonchev–Trinajstić information content (AvgIpc) is 2.19. The van der Waals surface area contributed by atoms with E-state index in [1.165, 1.54) is 16.3 Å². The van der Waals surface area contributed by atoms with Gasteiger partial charge in [0, 0.05) is 17.3 Å². The lowest BCUT2D eigenvalue weighted by molar-refractivity contribution is -0.670. The third-order valence-electron chi connectivity index (χ3n) is 2.42. The minimum absolute atomic E-state index is 0.678. The van der Waals surface area contributed by atoms with E-state index in [9.17, 15) is 0 Å². The maximum atomic E-state index is 5.77. The Bertz CT molecular complexity index is 451. The van der Waals surface area contributed by atoms with Crippen molar-refractivity contribution in [3.8, 4) is 0 Å². The summed E-state index contributed by atoms with van der Waals surface area (Å²) in [5.74, 6) is 0.678. The van der Waals surface area contributed by atoms with Gasteiger partial charge in [-0.25, -0.2) is 4.57 Å². The first-order chi connectivity index (χ1) is 6.81. The molecule has 0 atom stereocenters. The van der Waals surface area contributed by atoms with Crippen molar-refractivity contribution in [3.05, 3.63) is 42.2 Å². The Morgan fingerprint density at radius 1 is 1.29 bits per heavy atom. The lowest BCUT2D eigenvalue weighted by Crippen LogP contribution is -2.26. The summed E-state index contributed by atoms with van der Waals surface area (Å²) in [6, 6.07) is 8.50. The number of aromatic nitrogens is 1. The first-order valence-electron chi connectivity index (χ1n) is 4.74. The van der Waals surface area contributed by atoms with Crippen LogP contribution in [0.25, 0.3) is 10.8 Å². The highest BCUT2D eigenvalue weighted by Crippen LogP contribution is 2.17. The lowest BCUT2D eigenvalue weighted by Gasteiger charge is -2.02. The van der Waals surface area contributed by atoms with Crippen LogP contribution in [0.4, 0.5) is 0 Å². The van der Waals surface area contributed by atoms with Gasteiger partial charge in [-0.2, -0.15) is 0 Å². The third kappa shape index (κ3) is 1.73. The van der Waals surface area contributed by atoms with Crippen LogP contribution in [0.15, 0.2) is 36.7 Å². The predicted molar refractivity (Wildman–Crippen MR) is 59.5 cm³/mol. The summed E-state index contributed by atoms with van der Waals surface area (Å²) in [5, 5.41) is 2.59. The van der Waals surface area contributed by atoms with Crippen LogP contribution in [0.1, 0.15) is 5.56 Å². The van der Waals surface area contributed by atoms with Crippen molar-refractivity contribution in [2.75, 3.05) is 5.88 Å². The largest absolute Gasteiger partial charge is 0.207 e. The van der Waals surface area contributed by atoms with Crippen LogP contribution in [-0.4, -0.2) is 5.88 Å². The molecule has 72 valence electrons. The topological polar surface area (TPSA) is 3.88 Å². The zero-order valence-electron chi connectivity index (χ0n) is 8.20. The molecule has 14 heavy (non-hydrogen) atoms. The number of alkyl halides is 1. The first-order valence-corrected chi connectivity index (χ1v) is 5.27. The zero-order chi connectivity index (χ0) is 9.97. The van der Waals surface area contributed by atoms with Gasteiger partial charge in [0.2, 0.25) is 0 Å². The molecule has 2 heteroatoms. The number of nitrogens with zero attached hydrogens (tertiary/aromatic N) is 1. The van der Waals surface area contributed by atoms with Crippen LogP contribution in [0.2, 0.25) is 0 Å². The van der Waals surface area contributed by atoms with Gasteiger partial charge in [0.15, 0.2) is 12.4 Å². The van der Waals surface area contributed by atoms with Crippen LogP contribution in [0, 0.1) is 0 Å². The third-order valence-corrected chi connectivity index (χ3v) is 2.60. The van der Waals surface area contributed by atoms with E-state index in [1.54, 1.807) is 0 Å². The Balaban J connectivity index is 2.64. The fraction of sp³-hybridized carbons (Fsp3) is 0.250. The van der Waals surface area contributed by atoms with Gasteiger partial charge in [-0.3, -0.25) is 0 Å². The Kier molecular flexibility index (Phi) is 2.69. The quantitative estimate of drug-likeness (QED) is 0.525. The summed E-state index contributed by atoms with van der Waals surface area (Å²) in [6.45, 7) is 0. The Hall–Kier alpha value is -1.08. The number of hydrogen-bond donors (Lipinski definition) is 0. The van der Waals surface area contributed by atoms with Gasteiger partial charge >= 0.3 is 0 Å². The molecular weight excluding hydrogens is 194 g/mol. The van der Waals surface area contributed by atoms with E-state index in [2.05, 4.69) is 41.2 Å². The second-order valence-electron chi connectivity index (χ2n) is 3.47. The van der Waals surface area contributed by atoms with Crippen LogP contribution < -0.4 is 4.57 Å². The highest BCUT2D eigenvalue weighted by atomic mass is 35.5. The van der Waals surface area contributed by atoms with Crippen molar-refractivity contribution in [1.82, 2.24) is 0 Å². The molecule has 0 spiro atoms. The summed E-state index contributed by atoms with van der Waals surface area (Å²) in [6.07, 6.45) is 5.15. The summed E-state index contributed by atoms with van der Waals surface area (Å²) in [4.78, 5) is 0. The molecule has 0 radical (unpaired) electrons. The molecule has 0 saturated carbocycles. The Labute approximate surface area is 88.9 Å². The maximum Gasteiger partial charge on any atom is 0.176 e. The molecule has 0 N–H and O–H groups in total. The molecule has 1 heterocycles. The van der Waals surface area contributed by atoms with E-state index in [4.69, 9.17) is 11.6 Å². The van der Waals surface area contributed by atoms with Gasteiger partial charge < -0.3 is 0 Å². The summed E-state index contributed by atoms with van der Waals surface area (Å²) < 4.78 is 2.07. The van der Waals surface area contributed by atoms with E-state index >= 15 is 0 Å². The smallest absolute Gasteiger partial charge is 0.176 e. The van der Waals surface area contributed by atoms with Gasteiger partial charge in [-0.15, -0.1) is 11.6 Å². The van der Waals surface area contributed by atoms with Crippen LogP contribution in [0.5, 0.6) is 0 Å². The molecular formula is C12H13ClN+. The van der Waals surface area contributed by atoms with Crippen molar-refractivity contribution in [2.45, 2.75) is 6.42 Å². The molecule has 1 aromatic carbocycles. The van der Waals surface area contributed by atoms with E-state index in [-0.39, 0.29) is 0 Å². The molecule has 0 aliphatic carbocycles. The Morgan fingerprint density at radius 3 is 2.93 bits per heavy atom. The molecule has 0 bridgehead atoms. The van der Waals surface area contributed by atoms with Crippen LogP contribution in [0.3, 0.4) is 0 Å². The molecule has 2 rings (SSSR count). The van der Waals surface area contributed by atoms with Crippen molar-refractivity contribution >= 4 is 22.4 Å². The molecule has 1 aromatic heterocycles. The van der Waals surface area contributed by atoms with Crippen LogP contribution >= 0.6 is 11.6 Å². The molecule has 2 aromatic rings. The molecule has 0 unspecified atom stereocenters. The number of benzene rings is 1. The standard InChI is InChI=1S/C12H13ClN/c1-14-8-6-11-4-2-3-10(5-7-13)12(11)9-14/h2-4,6,8-9H,5,7H2,1H3/q+1. The van der Waals surface area contributed by atoms with E-state index in [0.29, 0.717) is 5.88 Å². The van der Waals surface area contributed by atoms with Crippen molar-refractivity contribution < 1.29 is 4.57 Å². The number of pyridine rings is 1. The number of rotatable bonds is 2. The fourth-order valence-corrected chi connectivity index (χ4v) is 1.90. The van der Waals surface area contributed by atoms with E-state index in [0.717, 1.165) is 6.42 Å². The van der Waals surface area contributed by atoms with Gasteiger partial charge in [0.25, 0.3) is 0 Å². The number of halogens is 1. The van der Waals surface area contributed by atoms with E-state index in [1.807, 2.05) is 7.05 Å². The number of hydrogen-bond acceptors (Lipinski definition) is 0. The second-order valence-corrected chi connectivity index (χ2v) is 3.85. The van der Waals surface area contributed by atoms with Gasteiger partial charge in [0.05, 0.1) is 0 Å². The van der Waals surface area contributed by atoms with Crippen molar-refractivity contribution in [2.24, 2.45) is 7.05 Å². The minimum atomic E-state index is 0.678. The lowest BCUT2D eigenvalue weighted by atomic mass is 10.1. The normalized spacial score (nSPS) is 10.7. The molecule has 0 fully saturated rings. The fourth-order valence-electron chi connectivity index (χ4n) is 1.70. The highest BCUT2D eigenvalue weighted by Gasteiger charge is 2.03. The maximum absolute atomic E-state index is 5.77. The zero-order valence-corrected chi connectivity index (χ0v) is 8.96. The predicted octanol–water partition coefficient (Wildman–Crippen LogP) is 2.45. The SMILES string of the molecule is C[n+]1ccc2cccc(CCCl)c2c1. The summed E-state index contributed by atoms with van der Waals surface area (Å²) in [5.41, 5.74) is 1.33. The highest BCUT2D eigenvalue weighted by molar-refractivity contribution is 6.18. The minimum Gasteiger partial charge on any atom is -0.207 e. The summed E-state index contributed by atoms with van der Waals surface area (Å²) >= 11 is 5.77. The molecule has 0 amide bonds. The molecule has 0 saturated heterocycles. The number of aryl methyl sites for hydroxylation is 2. The van der Waals surface area contributed by atoms with Gasteiger partial charge in [-0.1, -0.05) is 18.2 Å². The molecule has 0 aliphatic heterocycles. The Morgan fingerprint density at radius 2 is 2.14 bits per heavy atom.